The third kappa shape index (κ3) is 4.20. The summed E-state index contributed by atoms with van der Waals surface area (Å²) in [6.07, 6.45) is 2.23. The van der Waals surface area contributed by atoms with Gasteiger partial charge in [0.15, 0.2) is 6.29 Å². The van der Waals surface area contributed by atoms with Gasteiger partial charge in [0, 0.05) is 38.5 Å². The fraction of sp³-hybridized carbons (Fsp3) is 0.150. The van der Waals surface area contributed by atoms with Crippen LogP contribution in [-0.2, 0) is 0 Å². The first kappa shape index (κ1) is 18.1. The Hall–Kier alpha value is -3.21. The molecule has 5 nitrogen and oxygen atoms in total. The SMILES string of the molecule is CN(C)/C=C(\C(=O)c1ccccc1)N(C)C(=O)c1ccccc1C=O. The minimum absolute atomic E-state index is 0.224. The van der Waals surface area contributed by atoms with Gasteiger partial charge in [-0.3, -0.25) is 14.4 Å². The minimum atomic E-state index is -0.417. The number of likely N-dealkylation sites (N-methyl/N-ethyl adjacent to an activating group) is 1. The van der Waals surface area contributed by atoms with E-state index in [1.807, 2.05) is 6.07 Å². The van der Waals surface area contributed by atoms with Crippen LogP contribution in [0.5, 0.6) is 0 Å². The fourth-order valence-corrected chi connectivity index (χ4v) is 2.36. The Labute approximate surface area is 147 Å². The number of allylic oxidation sites excluding steroid dienone is 1. The topological polar surface area (TPSA) is 57.7 Å². The molecule has 1 amide bonds. The van der Waals surface area contributed by atoms with Crippen molar-refractivity contribution in [1.29, 1.82) is 0 Å². The molecule has 0 aliphatic rings. The Kier molecular flexibility index (Phi) is 5.84. The predicted molar refractivity (Wildman–Crippen MR) is 96.5 cm³/mol. The van der Waals surface area contributed by atoms with Crippen molar-refractivity contribution < 1.29 is 14.4 Å². The number of rotatable bonds is 6. The molecule has 25 heavy (non-hydrogen) atoms. The zero-order chi connectivity index (χ0) is 18.4. The summed E-state index contributed by atoms with van der Waals surface area (Å²) < 4.78 is 0. The second-order valence-corrected chi connectivity index (χ2v) is 5.74. The first-order chi connectivity index (χ1) is 12.0. The Balaban J connectivity index is 2.43. The van der Waals surface area contributed by atoms with Gasteiger partial charge in [-0.25, -0.2) is 0 Å². The molecule has 2 aromatic rings. The third-order valence-corrected chi connectivity index (χ3v) is 3.63. The molecule has 0 aliphatic heterocycles. The highest BCUT2D eigenvalue weighted by molar-refractivity contribution is 6.12. The minimum Gasteiger partial charge on any atom is -0.382 e. The molecule has 0 radical (unpaired) electrons. The molecule has 0 unspecified atom stereocenters. The molecule has 0 bridgehead atoms. The lowest BCUT2D eigenvalue weighted by molar-refractivity contribution is 0.0796. The van der Waals surface area contributed by atoms with E-state index >= 15 is 0 Å². The van der Waals surface area contributed by atoms with Gasteiger partial charge in [-0.2, -0.15) is 0 Å². The molecule has 0 aromatic heterocycles. The van der Waals surface area contributed by atoms with Crippen molar-refractivity contribution in [1.82, 2.24) is 9.80 Å². The first-order valence-corrected chi connectivity index (χ1v) is 7.76. The molecule has 0 N–H and O–H groups in total. The first-order valence-electron chi connectivity index (χ1n) is 7.76. The van der Waals surface area contributed by atoms with Crippen LogP contribution in [0.4, 0.5) is 0 Å². The van der Waals surface area contributed by atoms with E-state index in [2.05, 4.69) is 0 Å². The number of hydrogen-bond acceptors (Lipinski definition) is 4. The van der Waals surface area contributed by atoms with Crippen molar-refractivity contribution in [3.05, 3.63) is 83.2 Å². The maximum absolute atomic E-state index is 12.9. The van der Waals surface area contributed by atoms with E-state index in [1.165, 1.54) is 11.9 Å². The largest absolute Gasteiger partial charge is 0.382 e. The maximum Gasteiger partial charge on any atom is 0.258 e. The molecule has 5 heteroatoms. The van der Waals surface area contributed by atoms with Gasteiger partial charge in [-0.05, 0) is 6.07 Å². The number of benzene rings is 2. The highest BCUT2D eigenvalue weighted by Gasteiger charge is 2.24. The third-order valence-electron chi connectivity index (χ3n) is 3.63. The number of carbonyl (C=O) groups excluding carboxylic acids is 3. The summed E-state index contributed by atoms with van der Waals surface area (Å²) in [7, 11) is 5.08. The molecule has 128 valence electrons. The Morgan fingerprint density at radius 1 is 0.880 bits per heavy atom. The highest BCUT2D eigenvalue weighted by atomic mass is 16.2. The quantitative estimate of drug-likeness (QED) is 0.462. The molecule has 0 heterocycles. The van der Waals surface area contributed by atoms with Gasteiger partial charge in [0.05, 0.1) is 5.56 Å². The van der Waals surface area contributed by atoms with Crippen molar-refractivity contribution >= 4 is 18.0 Å². The molecule has 0 spiro atoms. The second-order valence-electron chi connectivity index (χ2n) is 5.74. The second kappa shape index (κ2) is 8.06. The van der Waals surface area contributed by atoms with Crippen LogP contribution in [0, 0.1) is 0 Å². The molecule has 0 fully saturated rings. The summed E-state index contributed by atoms with van der Waals surface area (Å²) in [4.78, 5) is 39.9. The molecular weight excluding hydrogens is 316 g/mol. The molecular formula is C20H20N2O3. The van der Waals surface area contributed by atoms with Gasteiger partial charge in [0.2, 0.25) is 5.78 Å². The molecule has 0 saturated carbocycles. The molecule has 2 rings (SSSR count). The average Bonchev–Trinajstić information content (AvgIpc) is 2.65. The summed E-state index contributed by atoms with van der Waals surface area (Å²) in [5.74, 6) is -0.686. The number of nitrogens with zero attached hydrogens (tertiary/aromatic N) is 2. The number of hydrogen-bond donors (Lipinski definition) is 0. The van der Waals surface area contributed by atoms with E-state index in [1.54, 1.807) is 73.7 Å². The molecule has 0 atom stereocenters. The van der Waals surface area contributed by atoms with Crippen LogP contribution in [0.2, 0.25) is 0 Å². The zero-order valence-electron chi connectivity index (χ0n) is 14.5. The van der Waals surface area contributed by atoms with Crippen LogP contribution in [-0.4, -0.2) is 48.9 Å². The van der Waals surface area contributed by atoms with E-state index < -0.39 is 5.91 Å². The van der Waals surface area contributed by atoms with Crippen molar-refractivity contribution in [2.75, 3.05) is 21.1 Å². The average molecular weight is 336 g/mol. The van der Waals surface area contributed by atoms with Crippen LogP contribution < -0.4 is 0 Å². The standard InChI is InChI=1S/C20H20N2O3/c1-21(2)13-18(19(24)15-9-5-4-6-10-15)22(3)20(25)17-12-8-7-11-16(17)14-23/h4-14H,1-3H3/b18-13+. The van der Waals surface area contributed by atoms with E-state index in [4.69, 9.17) is 0 Å². The zero-order valence-corrected chi connectivity index (χ0v) is 14.5. The lowest BCUT2D eigenvalue weighted by Gasteiger charge is -2.22. The summed E-state index contributed by atoms with van der Waals surface area (Å²) in [5.41, 5.74) is 1.25. The molecule has 0 saturated heterocycles. The Morgan fingerprint density at radius 3 is 2.08 bits per heavy atom. The predicted octanol–water partition coefficient (Wildman–Crippen LogP) is 2.86. The monoisotopic (exact) mass is 336 g/mol. The molecule has 2 aromatic carbocycles. The fourth-order valence-electron chi connectivity index (χ4n) is 2.36. The lowest BCUT2D eigenvalue weighted by atomic mass is 10.0. The van der Waals surface area contributed by atoms with E-state index in [0.717, 1.165) is 0 Å². The summed E-state index contributed by atoms with van der Waals surface area (Å²) in [6.45, 7) is 0. The number of carbonyl (C=O) groups is 3. The van der Waals surface area contributed by atoms with E-state index in [-0.39, 0.29) is 22.6 Å². The number of amides is 1. The van der Waals surface area contributed by atoms with Crippen molar-refractivity contribution in [2.45, 2.75) is 0 Å². The van der Waals surface area contributed by atoms with E-state index in [9.17, 15) is 14.4 Å². The van der Waals surface area contributed by atoms with Crippen molar-refractivity contribution in [3.63, 3.8) is 0 Å². The van der Waals surface area contributed by atoms with Gasteiger partial charge in [-0.15, -0.1) is 0 Å². The van der Waals surface area contributed by atoms with Crippen LogP contribution in [0.1, 0.15) is 31.1 Å². The summed E-state index contributed by atoms with van der Waals surface area (Å²) in [5, 5.41) is 0. The van der Waals surface area contributed by atoms with Crippen molar-refractivity contribution in [3.8, 4) is 0 Å². The lowest BCUT2D eigenvalue weighted by Crippen LogP contribution is -2.32. The number of aldehydes is 1. The maximum atomic E-state index is 12.9. The van der Waals surface area contributed by atoms with Gasteiger partial charge in [0.1, 0.15) is 5.70 Å². The van der Waals surface area contributed by atoms with Crippen LogP contribution in [0.15, 0.2) is 66.5 Å². The number of Topliss-reactive ketones (excluding diaryl/α,β-unsaturated/α-hetero) is 1. The van der Waals surface area contributed by atoms with E-state index in [0.29, 0.717) is 11.8 Å². The van der Waals surface area contributed by atoms with Gasteiger partial charge in [0.25, 0.3) is 5.91 Å². The van der Waals surface area contributed by atoms with Crippen LogP contribution in [0.3, 0.4) is 0 Å². The molecule has 0 aliphatic carbocycles. The Bertz CT molecular complexity index is 811. The highest BCUT2D eigenvalue weighted by Crippen LogP contribution is 2.17. The van der Waals surface area contributed by atoms with Gasteiger partial charge in [-0.1, -0.05) is 48.5 Å². The normalized spacial score (nSPS) is 10.9. The Morgan fingerprint density at radius 2 is 1.48 bits per heavy atom. The summed E-state index contributed by atoms with van der Waals surface area (Å²) in [6, 6.07) is 15.3. The number of ketones is 1. The van der Waals surface area contributed by atoms with Crippen molar-refractivity contribution in [2.24, 2.45) is 0 Å². The van der Waals surface area contributed by atoms with Crippen LogP contribution >= 0.6 is 0 Å². The summed E-state index contributed by atoms with van der Waals surface area (Å²) >= 11 is 0. The van der Waals surface area contributed by atoms with Gasteiger partial charge >= 0.3 is 0 Å². The van der Waals surface area contributed by atoms with Crippen LogP contribution in [0.25, 0.3) is 0 Å². The van der Waals surface area contributed by atoms with Gasteiger partial charge < -0.3 is 9.80 Å². The smallest absolute Gasteiger partial charge is 0.258 e.